The van der Waals surface area contributed by atoms with Crippen LogP contribution in [0.5, 0.6) is 5.75 Å². The van der Waals surface area contributed by atoms with Gasteiger partial charge in [0.15, 0.2) is 0 Å². The van der Waals surface area contributed by atoms with Gasteiger partial charge in [0.05, 0.1) is 13.0 Å². The summed E-state index contributed by atoms with van der Waals surface area (Å²) >= 11 is 0. The quantitative estimate of drug-likeness (QED) is 0.818. The van der Waals surface area contributed by atoms with Gasteiger partial charge in [-0.15, -0.1) is 0 Å². The van der Waals surface area contributed by atoms with E-state index in [0.717, 1.165) is 16.9 Å². The molecule has 1 rings (SSSR count). The first-order chi connectivity index (χ1) is 8.51. The maximum atomic E-state index is 12.0. The number of carbonyl (C=O) groups is 1. The van der Waals surface area contributed by atoms with Crippen LogP contribution in [0.1, 0.15) is 19.4 Å². The van der Waals surface area contributed by atoms with E-state index in [2.05, 4.69) is 0 Å². The van der Waals surface area contributed by atoms with Crippen LogP contribution in [0.4, 0.5) is 0 Å². The lowest BCUT2D eigenvalue weighted by Crippen LogP contribution is -2.28. The maximum Gasteiger partial charge on any atom is 0.229 e. The monoisotopic (exact) mass is 247 g/mol. The number of ether oxygens (including phenoxy) is 1. The van der Waals surface area contributed by atoms with E-state index >= 15 is 0 Å². The van der Waals surface area contributed by atoms with Crippen LogP contribution in [0.3, 0.4) is 0 Å². The largest absolute Gasteiger partial charge is 0.497 e. The Hall–Kier alpha value is -1.77. The fraction of sp³-hybridized carbons (Fsp3) is 0.400. The van der Waals surface area contributed by atoms with Crippen LogP contribution >= 0.6 is 0 Å². The fourth-order valence-electron chi connectivity index (χ4n) is 1.99. The summed E-state index contributed by atoms with van der Waals surface area (Å²) in [4.78, 5) is 13.6. The predicted octanol–water partition coefficient (Wildman–Crippen LogP) is 2.82. The Balaban J connectivity index is 3.07. The molecule has 1 aromatic rings. The van der Waals surface area contributed by atoms with Crippen molar-refractivity contribution in [1.29, 1.82) is 0 Å². The Morgan fingerprint density at radius 3 is 2.56 bits per heavy atom. The van der Waals surface area contributed by atoms with Gasteiger partial charge in [-0.2, -0.15) is 0 Å². The van der Waals surface area contributed by atoms with Crippen molar-refractivity contribution in [2.75, 3.05) is 21.2 Å². The molecule has 0 saturated carbocycles. The molecule has 0 aliphatic carbocycles. The third kappa shape index (κ3) is 3.13. The highest BCUT2D eigenvalue weighted by Gasteiger charge is 2.20. The molecule has 0 saturated heterocycles. The van der Waals surface area contributed by atoms with E-state index in [0.29, 0.717) is 0 Å². The standard InChI is InChI=1S/C15H21NO2/c1-6-14(11(2)15(17)16(3)4)12-8-7-9-13(10-12)18-5/h6-11H,1-5H3. The molecule has 0 bridgehead atoms. The van der Waals surface area contributed by atoms with Gasteiger partial charge in [0.1, 0.15) is 5.75 Å². The Kier molecular flexibility index (Phi) is 4.95. The second kappa shape index (κ2) is 6.24. The van der Waals surface area contributed by atoms with Crippen LogP contribution < -0.4 is 4.74 Å². The van der Waals surface area contributed by atoms with Crippen LogP contribution in [-0.2, 0) is 4.79 Å². The minimum Gasteiger partial charge on any atom is -0.497 e. The highest BCUT2D eigenvalue weighted by Crippen LogP contribution is 2.27. The number of benzene rings is 1. The summed E-state index contributed by atoms with van der Waals surface area (Å²) in [6, 6.07) is 7.78. The van der Waals surface area contributed by atoms with E-state index in [-0.39, 0.29) is 11.8 Å². The average molecular weight is 247 g/mol. The number of hydrogen-bond acceptors (Lipinski definition) is 2. The lowest BCUT2D eigenvalue weighted by molar-refractivity contribution is -0.130. The summed E-state index contributed by atoms with van der Waals surface area (Å²) in [5.41, 5.74) is 2.05. The molecule has 1 atom stereocenters. The molecule has 18 heavy (non-hydrogen) atoms. The van der Waals surface area contributed by atoms with Crippen molar-refractivity contribution in [1.82, 2.24) is 4.90 Å². The molecule has 0 aromatic heterocycles. The third-order valence-corrected chi connectivity index (χ3v) is 2.99. The van der Waals surface area contributed by atoms with Crippen LogP contribution in [0.15, 0.2) is 30.3 Å². The van der Waals surface area contributed by atoms with Crippen LogP contribution in [0.2, 0.25) is 0 Å². The number of methoxy groups -OCH3 is 1. The molecule has 0 radical (unpaired) electrons. The van der Waals surface area contributed by atoms with E-state index in [1.807, 2.05) is 44.2 Å². The molecule has 0 aliphatic heterocycles. The Morgan fingerprint density at radius 2 is 2.06 bits per heavy atom. The highest BCUT2D eigenvalue weighted by molar-refractivity contribution is 5.91. The minimum absolute atomic E-state index is 0.103. The van der Waals surface area contributed by atoms with E-state index in [1.54, 1.807) is 26.1 Å². The lowest BCUT2D eigenvalue weighted by atomic mass is 9.92. The molecular weight excluding hydrogens is 226 g/mol. The Labute approximate surface area is 109 Å². The zero-order chi connectivity index (χ0) is 13.7. The number of nitrogens with zero attached hydrogens (tertiary/aromatic N) is 1. The number of amides is 1. The molecule has 0 heterocycles. The van der Waals surface area contributed by atoms with Gasteiger partial charge in [-0.25, -0.2) is 0 Å². The van der Waals surface area contributed by atoms with E-state index < -0.39 is 0 Å². The maximum absolute atomic E-state index is 12.0. The van der Waals surface area contributed by atoms with E-state index in [1.165, 1.54) is 0 Å². The summed E-state index contributed by atoms with van der Waals surface area (Å²) < 4.78 is 5.21. The molecule has 0 N–H and O–H groups in total. The molecule has 1 amide bonds. The van der Waals surface area contributed by atoms with Gasteiger partial charge in [0.25, 0.3) is 0 Å². The van der Waals surface area contributed by atoms with Gasteiger partial charge in [-0.1, -0.05) is 18.2 Å². The molecule has 0 fully saturated rings. The van der Waals surface area contributed by atoms with Gasteiger partial charge in [-0.05, 0) is 37.1 Å². The van der Waals surface area contributed by atoms with Crippen molar-refractivity contribution in [2.24, 2.45) is 5.92 Å². The van der Waals surface area contributed by atoms with E-state index in [4.69, 9.17) is 4.74 Å². The molecule has 3 nitrogen and oxygen atoms in total. The van der Waals surface area contributed by atoms with Crippen molar-refractivity contribution in [3.8, 4) is 5.75 Å². The normalized spacial score (nSPS) is 13.1. The van der Waals surface area contributed by atoms with Crippen molar-refractivity contribution in [2.45, 2.75) is 13.8 Å². The zero-order valence-electron chi connectivity index (χ0n) is 11.7. The van der Waals surface area contributed by atoms with Gasteiger partial charge < -0.3 is 9.64 Å². The SMILES string of the molecule is CC=C(c1cccc(OC)c1)C(C)C(=O)N(C)C. The van der Waals surface area contributed by atoms with Crippen molar-refractivity contribution in [3.05, 3.63) is 35.9 Å². The summed E-state index contributed by atoms with van der Waals surface area (Å²) in [7, 11) is 5.19. The molecule has 0 spiro atoms. The summed E-state index contributed by atoms with van der Waals surface area (Å²) in [6.45, 7) is 3.88. The first-order valence-corrected chi connectivity index (χ1v) is 6.03. The summed E-state index contributed by atoms with van der Waals surface area (Å²) in [5, 5.41) is 0. The number of hydrogen-bond donors (Lipinski definition) is 0. The van der Waals surface area contributed by atoms with Gasteiger partial charge in [0, 0.05) is 14.1 Å². The highest BCUT2D eigenvalue weighted by atomic mass is 16.5. The topological polar surface area (TPSA) is 29.5 Å². The first kappa shape index (κ1) is 14.3. The number of allylic oxidation sites excluding steroid dienone is 1. The van der Waals surface area contributed by atoms with Gasteiger partial charge >= 0.3 is 0 Å². The second-order valence-corrected chi connectivity index (χ2v) is 4.43. The average Bonchev–Trinajstić information content (AvgIpc) is 2.38. The summed E-state index contributed by atoms with van der Waals surface area (Å²) in [6.07, 6.45) is 1.99. The lowest BCUT2D eigenvalue weighted by Gasteiger charge is -2.20. The smallest absolute Gasteiger partial charge is 0.229 e. The minimum atomic E-state index is -0.155. The van der Waals surface area contributed by atoms with Crippen molar-refractivity contribution < 1.29 is 9.53 Å². The number of rotatable bonds is 4. The third-order valence-electron chi connectivity index (χ3n) is 2.99. The predicted molar refractivity (Wildman–Crippen MR) is 74.5 cm³/mol. The van der Waals surface area contributed by atoms with Crippen LogP contribution in [-0.4, -0.2) is 32.0 Å². The van der Waals surface area contributed by atoms with Crippen LogP contribution in [0.25, 0.3) is 5.57 Å². The number of carbonyl (C=O) groups excluding carboxylic acids is 1. The Morgan fingerprint density at radius 1 is 1.39 bits per heavy atom. The second-order valence-electron chi connectivity index (χ2n) is 4.43. The van der Waals surface area contributed by atoms with Gasteiger partial charge in [0.2, 0.25) is 5.91 Å². The van der Waals surface area contributed by atoms with Crippen molar-refractivity contribution in [3.63, 3.8) is 0 Å². The molecule has 1 unspecified atom stereocenters. The van der Waals surface area contributed by atoms with Gasteiger partial charge in [-0.3, -0.25) is 4.79 Å². The summed E-state index contributed by atoms with van der Waals surface area (Å²) in [5.74, 6) is 0.749. The molecule has 1 aromatic carbocycles. The molecule has 98 valence electrons. The Bertz CT molecular complexity index is 450. The molecular formula is C15H21NO2. The molecule has 0 aliphatic rings. The van der Waals surface area contributed by atoms with Crippen molar-refractivity contribution >= 4 is 11.5 Å². The van der Waals surface area contributed by atoms with E-state index in [9.17, 15) is 4.79 Å². The zero-order valence-corrected chi connectivity index (χ0v) is 11.7. The molecule has 3 heteroatoms. The fourth-order valence-corrected chi connectivity index (χ4v) is 1.99. The van der Waals surface area contributed by atoms with Crippen LogP contribution in [0, 0.1) is 5.92 Å². The first-order valence-electron chi connectivity index (χ1n) is 6.03.